The SMILES string of the molecule is CCCCCCCCCCCC(=O)N(C(O)CC)C(C)C(=O)O.OCCN(CCO)CCO. The summed E-state index contributed by atoms with van der Waals surface area (Å²) in [6.07, 6.45) is 10.1. The van der Waals surface area contributed by atoms with Crippen molar-refractivity contribution in [2.75, 3.05) is 39.5 Å². The number of hydrogen-bond acceptors (Lipinski definition) is 7. The molecule has 9 heteroatoms. The lowest BCUT2D eigenvalue weighted by Gasteiger charge is -2.30. The van der Waals surface area contributed by atoms with Crippen molar-refractivity contribution in [1.29, 1.82) is 0 Å². The molecule has 9 nitrogen and oxygen atoms in total. The zero-order valence-corrected chi connectivity index (χ0v) is 21.1. The lowest BCUT2D eigenvalue weighted by molar-refractivity contribution is -0.159. The lowest BCUT2D eigenvalue weighted by atomic mass is 10.1. The Morgan fingerprint density at radius 2 is 1.18 bits per heavy atom. The molecule has 0 fully saturated rings. The molecule has 0 heterocycles. The summed E-state index contributed by atoms with van der Waals surface area (Å²) >= 11 is 0. The van der Waals surface area contributed by atoms with E-state index in [0.29, 0.717) is 32.5 Å². The van der Waals surface area contributed by atoms with Crippen LogP contribution >= 0.6 is 0 Å². The molecule has 0 spiro atoms. The van der Waals surface area contributed by atoms with Crippen LogP contribution in [0.1, 0.15) is 91.4 Å². The second-order valence-electron chi connectivity index (χ2n) is 8.29. The minimum absolute atomic E-state index is 0.0694. The Kier molecular flexibility index (Phi) is 24.5. The molecule has 2 unspecified atom stereocenters. The lowest BCUT2D eigenvalue weighted by Crippen LogP contribution is -2.49. The summed E-state index contributed by atoms with van der Waals surface area (Å²) < 4.78 is 0. The minimum Gasteiger partial charge on any atom is -0.480 e. The molecule has 0 radical (unpaired) electrons. The van der Waals surface area contributed by atoms with Crippen molar-refractivity contribution in [2.24, 2.45) is 0 Å². The fourth-order valence-corrected chi connectivity index (χ4v) is 3.43. The van der Waals surface area contributed by atoms with Crippen molar-refractivity contribution in [3.05, 3.63) is 0 Å². The van der Waals surface area contributed by atoms with Gasteiger partial charge in [-0.3, -0.25) is 9.69 Å². The van der Waals surface area contributed by atoms with E-state index >= 15 is 0 Å². The maximum absolute atomic E-state index is 12.2. The summed E-state index contributed by atoms with van der Waals surface area (Å²) in [6.45, 7) is 7.14. The van der Waals surface area contributed by atoms with Crippen molar-refractivity contribution < 1.29 is 35.1 Å². The van der Waals surface area contributed by atoms with Crippen molar-refractivity contribution in [2.45, 2.75) is 104 Å². The fraction of sp³-hybridized carbons (Fsp3) is 0.917. The molecule has 0 aromatic heterocycles. The Morgan fingerprint density at radius 3 is 1.55 bits per heavy atom. The molecule has 0 saturated heterocycles. The Morgan fingerprint density at radius 1 is 0.758 bits per heavy atom. The monoisotopic (exact) mass is 478 g/mol. The summed E-state index contributed by atoms with van der Waals surface area (Å²) in [5.41, 5.74) is 0. The number of nitrogens with zero attached hydrogens (tertiary/aromatic N) is 2. The van der Waals surface area contributed by atoms with E-state index in [2.05, 4.69) is 6.92 Å². The zero-order valence-electron chi connectivity index (χ0n) is 21.1. The predicted molar refractivity (Wildman–Crippen MR) is 130 cm³/mol. The summed E-state index contributed by atoms with van der Waals surface area (Å²) in [7, 11) is 0. The van der Waals surface area contributed by atoms with Crippen LogP contribution in [0.5, 0.6) is 0 Å². The molecule has 0 aliphatic heterocycles. The number of rotatable bonds is 20. The second kappa shape index (κ2) is 23.9. The molecule has 0 rings (SSSR count). The summed E-state index contributed by atoms with van der Waals surface area (Å²) in [6, 6.07) is -0.990. The highest BCUT2D eigenvalue weighted by Gasteiger charge is 2.29. The van der Waals surface area contributed by atoms with Crippen molar-refractivity contribution >= 4 is 11.9 Å². The predicted octanol–water partition coefficient (Wildman–Crippen LogP) is 2.20. The fourth-order valence-electron chi connectivity index (χ4n) is 3.43. The number of amides is 1. The average Bonchev–Trinajstić information content (AvgIpc) is 2.78. The highest BCUT2D eigenvalue weighted by Crippen LogP contribution is 2.14. The van der Waals surface area contributed by atoms with E-state index in [-0.39, 0.29) is 25.7 Å². The van der Waals surface area contributed by atoms with Crippen LogP contribution in [0.15, 0.2) is 0 Å². The van der Waals surface area contributed by atoms with Crippen LogP contribution in [0.3, 0.4) is 0 Å². The molecule has 33 heavy (non-hydrogen) atoms. The van der Waals surface area contributed by atoms with Crippen molar-refractivity contribution in [1.82, 2.24) is 9.80 Å². The van der Waals surface area contributed by atoms with E-state index in [1.807, 2.05) is 0 Å². The number of aliphatic hydroxyl groups is 4. The van der Waals surface area contributed by atoms with Gasteiger partial charge in [0.25, 0.3) is 0 Å². The van der Waals surface area contributed by atoms with Crippen LogP contribution in [-0.2, 0) is 9.59 Å². The molecule has 0 aromatic rings. The first-order valence-electron chi connectivity index (χ1n) is 12.6. The molecular formula is C24H50N2O7. The largest absolute Gasteiger partial charge is 0.480 e. The number of carboxylic acid groups (broad SMARTS) is 1. The Hall–Kier alpha value is -1.26. The quantitative estimate of drug-likeness (QED) is 0.132. The highest BCUT2D eigenvalue weighted by molar-refractivity contribution is 5.83. The molecule has 0 aliphatic rings. The van der Waals surface area contributed by atoms with Gasteiger partial charge in [0.1, 0.15) is 12.3 Å². The molecular weight excluding hydrogens is 428 g/mol. The second-order valence-corrected chi connectivity index (χ2v) is 8.29. The Labute approximate surface area is 200 Å². The molecule has 198 valence electrons. The molecule has 2 atom stereocenters. The van der Waals surface area contributed by atoms with Crippen LogP contribution in [0.4, 0.5) is 0 Å². The van der Waals surface area contributed by atoms with E-state index in [4.69, 9.17) is 20.4 Å². The van der Waals surface area contributed by atoms with E-state index in [1.54, 1.807) is 11.8 Å². The third-order valence-corrected chi connectivity index (χ3v) is 5.49. The van der Waals surface area contributed by atoms with Gasteiger partial charge in [0.15, 0.2) is 0 Å². The van der Waals surface area contributed by atoms with Gasteiger partial charge in [-0.05, 0) is 19.8 Å². The number of carboxylic acids is 1. The summed E-state index contributed by atoms with van der Waals surface area (Å²) in [4.78, 5) is 26.2. The van der Waals surface area contributed by atoms with E-state index in [0.717, 1.165) is 24.2 Å². The van der Waals surface area contributed by atoms with E-state index < -0.39 is 18.2 Å². The van der Waals surface area contributed by atoms with Gasteiger partial charge in [-0.15, -0.1) is 0 Å². The average molecular weight is 479 g/mol. The van der Waals surface area contributed by atoms with Crippen LogP contribution in [0, 0.1) is 0 Å². The maximum Gasteiger partial charge on any atom is 0.326 e. The van der Waals surface area contributed by atoms with Crippen LogP contribution < -0.4 is 0 Å². The topological polar surface area (TPSA) is 142 Å². The Balaban J connectivity index is 0. The van der Waals surface area contributed by atoms with E-state index in [1.165, 1.54) is 45.4 Å². The third-order valence-electron chi connectivity index (χ3n) is 5.49. The standard InChI is InChI=1S/C18H35NO4.C6H15NO3/c1-4-6-7-8-9-10-11-12-13-14-17(21)19(16(20)5-2)15(3)18(22)23;8-4-1-7(2-5-9)3-6-10/h15-16,20H,4-14H2,1-3H3,(H,22,23);8-10H,1-6H2. The number of unbranched alkanes of at least 4 members (excludes halogenated alkanes) is 8. The first-order valence-corrected chi connectivity index (χ1v) is 12.6. The van der Waals surface area contributed by atoms with Gasteiger partial charge in [-0.1, -0.05) is 65.2 Å². The highest BCUT2D eigenvalue weighted by atomic mass is 16.4. The van der Waals surface area contributed by atoms with Crippen LogP contribution in [0.25, 0.3) is 0 Å². The Bertz CT molecular complexity index is 452. The van der Waals surface area contributed by atoms with E-state index in [9.17, 15) is 14.7 Å². The minimum atomic E-state index is -1.09. The van der Waals surface area contributed by atoms with Gasteiger partial charge in [0.2, 0.25) is 5.91 Å². The third kappa shape index (κ3) is 18.8. The zero-order chi connectivity index (χ0) is 25.5. The molecule has 0 saturated carbocycles. The number of hydrogen-bond donors (Lipinski definition) is 5. The normalized spacial score (nSPS) is 12.7. The smallest absolute Gasteiger partial charge is 0.326 e. The van der Waals surface area contributed by atoms with Gasteiger partial charge >= 0.3 is 5.97 Å². The first kappa shape index (κ1) is 33.9. The maximum atomic E-state index is 12.2. The van der Waals surface area contributed by atoms with Gasteiger partial charge in [0.05, 0.1) is 19.8 Å². The number of aliphatic hydroxyl groups excluding tert-OH is 4. The van der Waals surface area contributed by atoms with Gasteiger partial charge < -0.3 is 30.4 Å². The first-order chi connectivity index (χ1) is 15.8. The summed E-state index contributed by atoms with van der Waals surface area (Å²) in [5.74, 6) is -1.35. The number of carbonyl (C=O) groups excluding carboxylic acids is 1. The van der Waals surface area contributed by atoms with Crippen LogP contribution in [0.2, 0.25) is 0 Å². The molecule has 5 N–H and O–H groups in total. The molecule has 1 amide bonds. The molecule has 0 aromatic carbocycles. The van der Waals surface area contributed by atoms with Gasteiger partial charge in [-0.25, -0.2) is 4.79 Å². The van der Waals surface area contributed by atoms with Gasteiger partial charge in [0, 0.05) is 26.1 Å². The molecule has 0 aliphatic carbocycles. The summed E-state index contributed by atoms with van der Waals surface area (Å²) in [5, 5.41) is 44.4. The molecule has 0 bridgehead atoms. The number of carbonyl (C=O) groups is 2. The van der Waals surface area contributed by atoms with Gasteiger partial charge in [-0.2, -0.15) is 0 Å². The van der Waals surface area contributed by atoms with Crippen LogP contribution in [-0.4, -0.2) is 98.9 Å². The van der Waals surface area contributed by atoms with Crippen molar-refractivity contribution in [3.8, 4) is 0 Å². The number of aliphatic carboxylic acids is 1. The van der Waals surface area contributed by atoms with Crippen molar-refractivity contribution in [3.63, 3.8) is 0 Å².